The number of methoxy groups -OCH3 is 1. The minimum absolute atomic E-state index is 0.249. The predicted molar refractivity (Wildman–Crippen MR) is 89.9 cm³/mol. The Morgan fingerprint density at radius 2 is 1.77 bits per heavy atom. The van der Waals surface area contributed by atoms with Crippen molar-refractivity contribution in [1.82, 2.24) is 0 Å². The molecule has 0 aliphatic heterocycles. The van der Waals surface area contributed by atoms with Gasteiger partial charge in [-0.2, -0.15) is 0 Å². The van der Waals surface area contributed by atoms with E-state index in [9.17, 15) is 4.79 Å². The first-order valence-electron chi connectivity index (χ1n) is 7.14. The molecule has 0 amide bonds. The van der Waals surface area contributed by atoms with E-state index < -0.39 is 0 Å². The van der Waals surface area contributed by atoms with E-state index >= 15 is 0 Å². The highest BCUT2D eigenvalue weighted by Gasteiger charge is 2.09. The first kappa shape index (κ1) is 16.4. The lowest BCUT2D eigenvalue weighted by molar-refractivity contribution is -0.134. The van der Waals surface area contributed by atoms with Crippen molar-refractivity contribution in [3.05, 3.63) is 53.6 Å². The third-order valence-electron chi connectivity index (χ3n) is 3.35. The van der Waals surface area contributed by atoms with Crippen molar-refractivity contribution < 1.29 is 14.3 Å². The van der Waals surface area contributed by atoms with Gasteiger partial charge in [-0.15, -0.1) is 11.8 Å². The molecule has 0 radical (unpaired) electrons. The standard InChI is InChI=1S/C18H20O3S/c1-13-8-9-15(12-14(13)2)22-11-10-18(19)21-17-7-5-4-6-16(17)20-3/h4-9,12H,10-11H2,1-3H3. The van der Waals surface area contributed by atoms with Gasteiger partial charge in [0.1, 0.15) is 0 Å². The van der Waals surface area contributed by atoms with Crippen LogP contribution in [0.15, 0.2) is 47.4 Å². The van der Waals surface area contributed by atoms with Gasteiger partial charge in [-0.1, -0.05) is 18.2 Å². The molecular weight excluding hydrogens is 296 g/mol. The van der Waals surface area contributed by atoms with E-state index in [2.05, 4.69) is 32.0 Å². The van der Waals surface area contributed by atoms with E-state index in [1.807, 2.05) is 12.1 Å². The molecule has 0 atom stereocenters. The summed E-state index contributed by atoms with van der Waals surface area (Å²) in [5.41, 5.74) is 2.54. The SMILES string of the molecule is COc1ccccc1OC(=O)CCSc1ccc(C)c(C)c1. The van der Waals surface area contributed by atoms with Crippen LogP contribution in [0.5, 0.6) is 11.5 Å². The summed E-state index contributed by atoms with van der Waals surface area (Å²) in [6.07, 6.45) is 0.357. The number of hydrogen-bond acceptors (Lipinski definition) is 4. The summed E-state index contributed by atoms with van der Waals surface area (Å²) in [6, 6.07) is 13.5. The minimum atomic E-state index is -0.249. The molecule has 0 unspecified atom stereocenters. The average Bonchev–Trinajstić information content (AvgIpc) is 2.51. The average molecular weight is 316 g/mol. The van der Waals surface area contributed by atoms with Crippen LogP contribution >= 0.6 is 11.8 Å². The van der Waals surface area contributed by atoms with Gasteiger partial charge in [0.15, 0.2) is 11.5 Å². The third kappa shape index (κ3) is 4.53. The van der Waals surface area contributed by atoms with Gasteiger partial charge in [0.2, 0.25) is 0 Å². The maximum Gasteiger partial charge on any atom is 0.312 e. The van der Waals surface area contributed by atoms with Gasteiger partial charge in [0.25, 0.3) is 0 Å². The van der Waals surface area contributed by atoms with Gasteiger partial charge >= 0.3 is 5.97 Å². The van der Waals surface area contributed by atoms with E-state index in [0.717, 1.165) is 0 Å². The number of para-hydroxylation sites is 2. The Labute approximate surface area is 135 Å². The second-order valence-electron chi connectivity index (χ2n) is 4.97. The largest absolute Gasteiger partial charge is 0.493 e. The van der Waals surface area contributed by atoms with Crippen molar-refractivity contribution in [2.75, 3.05) is 12.9 Å². The van der Waals surface area contributed by atoms with Crippen molar-refractivity contribution in [3.63, 3.8) is 0 Å². The Morgan fingerprint density at radius 1 is 1.05 bits per heavy atom. The number of aryl methyl sites for hydroxylation is 2. The number of hydrogen-bond donors (Lipinski definition) is 0. The van der Waals surface area contributed by atoms with Gasteiger partial charge in [-0.05, 0) is 49.2 Å². The number of benzene rings is 2. The summed E-state index contributed by atoms with van der Waals surface area (Å²) in [5, 5.41) is 0. The van der Waals surface area contributed by atoms with E-state index in [4.69, 9.17) is 9.47 Å². The van der Waals surface area contributed by atoms with E-state index in [0.29, 0.717) is 23.7 Å². The van der Waals surface area contributed by atoms with Crippen LogP contribution in [0.25, 0.3) is 0 Å². The number of carbonyl (C=O) groups excluding carboxylic acids is 1. The topological polar surface area (TPSA) is 35.5 Å². The molecule has 3 nitrogen and oxygen atoms in total. The zero-order valence-electron chi connectivity index (χ0n) is 13.1. The Balaban J connectivity index is 1.84. The lowest BCUT2D eigenvalue weighted by Crippen LogP contribution is -2.09. The zero-order chi connectivity index (χ0) is 15.9. The van der Waals surface area contributed by atoms with Crippen molar-refractivity contribution in [2.24, 2.45) is 0 Å². The fourth-order valence-electron chi connectivity index (χ4n) is 1.93. The van der Waals surface area contributed by atoms with Crippen LogP contribution in [0, 0.1) is 13.8 Å². The number of thioether (sulfide) groups is 1. The summed E-state index contributed by atoms with van der Waals surface area (Å²) < 4.78 is 10.5. The molecule has 2 aromatic carbocycles. The molecule has 116 valence electrons. The molecule has 4 heteroatoms. The molecule has 0 aromatic heterocycles. The number of carbonyl (C=O) groups is 1. The fraction of sp³-hybridized carbons (Fsp3) is 0.278. The summed E-state index contributed by atoms with van der Waals surface area (Å²) in [6.45, 7) is 4.18. The Hall–Kier alpha value is -1.94. The van der Waals surface area contributed by atoms with Crippen LogP contribution in [-0.4, -0.2) is 18.8 Å². The molecule has 0 N–H and O–H groups in total. The first-order chi connectivity index (χ1) is 10.6. The van der Waals surface area contributed by atoms with Gasteiger partial charge in [0, 0.05) is 10.6 Å². The first-order valence-corrected chi connectivity index (χ1v) is 8.12. The van der Waals surface area contributed by atoms with Crippen molar-refractivity contribution >= 4 is 17.7 Å². The summed E-state index contributed by atoms with van der Waals surface area (Å²) in [7, 11) is 1.56. The van der Waals surface area contributed by atoms with Crippen molar-refractivity contribution in [2.45, 2.75) is 25.2 Å². The van der Waals surface area contributed by atoms with Crippen molar-refractivity contribution in [3.8, 4) is 11.5 Å². The summed E-state index contributed by atoms with van der Waals surface area (Å²) in [4.78, 5) is 13.1. The van der Waals surface area contributed by atoms with Gasteiger partial charge in [-0.3, -0.25) is 4.79 Å². The molecule has 0 spiro atoms. The molecule has 0 fully saturated rings. The molecule has 0 bridgehead atoms. The fourth-order valence-corrected chi connectivity index (χ4v) is 2.86. The number of rotatable bonds is 6. The van der Waals surface area contributed by atoms with Crippen LogP contribution in [0.2, 0.25) is 0 Å². The predicted octanol–water partition coefficient (Wildman–Crippen LogP) is 4.40. The molecule has 0 aliphatic rings. The van der Waals surface area contributed by atoms with Gasteiger partial charge in [-0.25, -0.2) is 0 Å². The summed E-state index contributed by atoms with van der Waals surface area (Å²) in [5.74, 6) is 1.47. The smallest absolute Gasteiger partial charge is 0.312 e. The van der Waals surface area contributed by atoms with Crippen LogP contribution in [-0.2, 0) is 4.79 Å². The highest BCUT2D eigenvalue weighted by molar-refractivity contribution is 7.99. The highest BCUT2D eigenvalue weighted by atomic mass is 32.2. The lowest BCUT2D eigenvalue weighted by atomic mass is 10.1. The molecule has 2 rings (SSSR count). The molecule has 0 heterocycles. The Kier molecular flexibility index (Phi) is 5.90. The summed E-state index contributed by atoms with van der Waals surface area (Å²) >= 11 is 1.66. The highest BCUT2D eigenvalue weighted by Crippen LogP contribution is 2.27. The number of ether oxygens (including phenoxy) is 2. The molecule has 22 heavy (non-hydrogen) atoms. The Morgan fingerprint density at radius 3 is 2.45 bits per heavy atom. The molecule has 0 aliphatic carbocycles. The quantitative estimate of drug-likeness (QED) is 0.449. The van der Waals surface area contributed by atoms with Crippen LogP contribution in [0.3, 0.4) is 0 Å². The van der Waals surface area contributed by atoms with E-state index in [1.165, 1.54) is 16.0 Å². The minimum Gasteiger partial charge on any atom is -0.493 e. The molecular formula is C18H20O3S. The second kappa shape index (κ2) is 7.90. The van der Waals surface area contributed by atoms with Crippen molar-refractivity contribution in [1.29, 1.82) is 0 Å². The molecule has 0 saturated carbocycles. The molecule has 2 aromatic rings. The maximum atomic E-state index is 11.9. The Bertz CT molecular complexity index is 653. The van der Waals surface area contributed by atoms with Crippen LogP contribution in [0.1, 0.15) is 17.5 Å². The van der Waals surface area contributed by atoms with E-state index in [-0.39, 0.29) is 5.97 Å². The monoisotopic (exact) mass is 316 g/mol. The third-order valence-corrected chi connectivity index (χ3v) is 4.34. The maximum absolute atomic E-state index is 11.9. The van der Waals surface area contributed by atoms with Crippen LogP contribution in [0.4, 0.5) is 0 Å². The zero-order valence-corrected chi connectivity index (χ0v) is 13.9. The lowest BCUT2D eigenvalue weighted by Gasteiger charge is -2.09. The normalized spacial score (nSPS) is 10.3. The molecule has 0 saturated heterocycles. The van der Waals surface area contributed by atoms with Gasteiger partial charge < -0.3 is 9.47 Å². The second-order valence-corrected chi connectivity index (χ2v) is 6.14. The van der Waals surface area contributed by atoms with Crippen LogP contribution < -0.4 is 9.47 Å². The van der Waals surface area contributed by atoms with E-state index in [1.54, 1.807) is 31.0 Å². The number of esters is 1. The van der Waals surface area contributed by atoms with Gasteiger partial charge in [0.05, 0.1) is 13.5 Å².